The molecular weight excluding hydrogens is 707 g/mol. The summed E-state index contributed by atoms with van der Waals surface area (Å²) < 4.78 is 17.4. The number of aliphatic hydroxyl groups is 1. The van der Waals surface area contributed by atoms with Gasteiger partial charge in [-0.25, -0.2) is 4.98 Å². The molecule has 11 nitrogen and oxygen atoms in total. The molecule has 0 saturated carbocycles. The first-order valence-corrected chi connectivity index (χ1v) is 17.9. The second-order valence-electron chi connectivity index (χ2n) is 13.6. The molecule has 0 bridgehead atoms. The molecule has 3 aliphatic rings. The third kappa shape index (κ3) is 7.16. The van der Waals surface area contributed by atoms with Gasteiger partial charge < -0.3 is 29.7 Å². The van der Waals surface area contributed by atoms with Crippen molar-refractivity contribution in [1.82, 2.24) is 20.1 Å². The van der Waals surface area contributed by atoms with Gasteiger partial charge in [-0.1, -0.05) is 71.7 Å². The lowest BCUT2D eigenvalue weighted by atomic mass is 9.88. The number of β-amino-alcohol motifs (C(OH)–C–C–N with tert-alkyl or cyclic N) is 1. The largest absolute Gasteiger partial charge is 0.493 e. The zero-order chi connectivity index (χ0) is 36.6. The number of carbonyl (C=O) groups excluding carboxylic acids is 1. The van der Waals surface area contributed by atoms with Crippen LogP contribution < -0.4 is 19.5 Å². The summed E-state index contributed by atoms with van der Waals surface area (Å²) in [5, 5.41) is 23.6. The van der Waals surface area contributed by atoms with Gasteiger partial charge >= 0.3 is 5.97 Å². The molecule has 1 aromatic heterocycles. The molecule has 272 valence electrons. The van der Waals surface area contributed by atoms with Gasteiger partial charge in [-0.15, -0.1) is 0 Å². The summed E-state index contributed by atoms with van der Waals surface area (Å²) in [6, 6.07) is 20.3. The molecule has 0 aliphatic carbocycles. The van der Waals surface area contributed by atoms with Crippen molar-refractivity contribution < 1.29 is 34.0 Å². The fourth-order valence-electron chi connectivity index (χ4n) is 7.60. The summed E-state index contributed by atoms with van der Waals surface area (Å²) in [5.74, 6) is 0.702. The van der Waals surface area contributed by atoms with Gasteiger partial charge in [-0.3, -0.25) is 19.4 Å². The monoisotopic (exact) mass is 746 g/mol. The number of likely N-dealkylation sites (tertiary alicyclic amines) is 2. The van der Waals surface area contributed by atoms with E-state index in [-0.39, 0.29) is 31.0 Å². The van der Waals surface area contributed by atoms with Crippen molar-refractivity contribution in [2.75, 3.05) is 47.0 Å². The number of methoxy groups -OCH3 is 2. The molecule has 0 unspecified atom stereocenters. The van der Waals surface area contributed by atoms with E-state index in [1.54, 1.807) is 25.2 Å². The van der Waals surface area contributed by atoms with E-state index in [9.17, 15) is 19.8 Å². The lowest BCUT2D eigenvalue weighted by molar-refractivity contribution is -0.142. The van der Waals surface area contributed by atoms with Crippen LogP contribution in [0.1, 0.15) is 24.8 Å². The van der Waals surface area contributed by atoms with Crippen molar-refractivity contribution in [3.05, 3.63) is 82.3 Å². The summed E-state index contributed by atoms with van der Waals surface area (Å²) in [6.07, 6.45) is 0.997. The van der Waals surface area contributed by atoms with Gasteiger partial charge in [-0.05, 0) is 30.2 Å². The lowest BCUT2D eigenvalue weighted by Crippen LogP contribution is -2.66. The van der Waals surface area contributed by atoms with Gasteiger partial charge in [0.15, 0.2) is 11.5 Å². The molecular formula is C39H40Cl2N4O7. The first-order chi connectivity index (χ1) is 25.1. The number of aliphatic hydroxyl groups excluding tert-OH is 1. The SMILES string of the molecule is COc1cc(-c2cccc(-c3cccc(-c4ccc(CN5CC6(CCC(=O)N6)C5)c(OC)n4)c3Cl)c2Cl)ccc1OCCN1C[C@@H](O)C[C@H]1C(=O)O. The Kier molecular flexibility index (Phi) is 10.3. The van der Waals surface area contributed by atoms with Gasteiger partial charge in [0.05, 0.1) is 41.6 Å². The summed E-state index contributed by atoms with van der Waals surface area (Å²) in [5.41, 5.74) is 5.35. The van der Waals surface area contributed by atoms with Gasteiger partial charge in [0.25, 0.3) is 0 Å². The van der Waals surface area contributed by atoms with E-state index >= 15 is 0 Å². The minimum absolute atomic E-state index is 0.0930. The number of benzene rings is 3. The number of carbonyl (C=O) groups is 2. The molecule has 3 saturated heterocycles. The number of rotatable bonds is 12. The third-order valence-corrected chi connectivity index (χ3v) is 11.0. The summed E-state index contributed by atoms with van der Waals surface area (Å²) in [7, 11) is 3.16. The molecule has 13 heteroatoms. The molecule has 3 aliphatic heterocycles. The van der Waals surface area contributed by atoms with Crippen LogP contribution in [0.5, 0.6) is 17.4 Å². The zero-order valence-corrected chi connectivity index (χ0v) is 30.4. The normalized spacial score (nSPS) is 19.8. The predicted molar refractivity (Wildman–Crippen MR) is 198 cm³/mol. The lowest BCUT2D eigenvalue weighted by Gasteiger charge is -2.48. The fraction of sp³-hybridized carbons (Fsp3) is 0.359. The zero-order valence-electron chi connectivity index (χ0n) is 28.9. The number of pyridine rings is 1. The van der Waals surface area contributed by atoms with Gasteiger partial charge in [-0.2, -0.15) is 0 Å². The average molecular weight is 748 g/mol. The Hall–Kier alpha value is -4.39. The second kappa shape index (κ2) is 14.9. The first kappa shape index (κ1) is 36.0. The standard InChI is InChI=1S/C39H40Cl2N4O7/c1-50-33-17-23(10-12-32(33)52-16-15-45-20-25(46)18-31(45)38(48)49)26-5-3-6-27(35(26)40)28-7-4-8-29(36(28)41)30-11-9-24(37(42-30)51-2)19-44-21-39(22-44)14-13-34(47)43-39/h3-12,17,25,31,46H,13-16,18-22H2,1-2H3,(H,43,47)(H,48,49)/t25-,31-/m0/s1. The van der Waals surface area contributed by atoms with E-state index in [0.717, 1.165) is 52.9 Å². The van der Waals surface area contributed by atoms with E-state index in [1.807, 2.05) is 60.7 Å². The Balaban J connectivity index is 1.08. The predicted octanol–water partition coefficient (Wildman–Crippen LogP) is 5.77. The van der Waals surface area contributed by atoms with Gasteiger partial charge in [0, 0.05) is 73.4 Å². The number of amides is 1. The van der Waals surface area contributed by atoms with Crippen molar-refractivity contribution in [2.45, 2.75) is 43.5 Å². The van der Waals surface area contributed by atoms with Gasteiger partial charge in [0.2, 0.25) is 11.8 Å². The number of aliphatic carboxylic acids is 1. The highest BCUT2D eigenvalue weighted by Crippen LogP contribution is 2.44. The van der Waals surface area contributed by atoms with Crippen LogP contribution in [0.4, 0.5) is 0 Å². The summed E-state index contributed by atoms with van der Waals surface area (Å²) >= 11 is 14.2. The first-order valence-electron chi connectivity index (χ1n) is 17.2. The van der Waals surface area contributed by atoms with Crippen LogP contribution in [0, 0.1) is 0 Å². The number of hydrogen-bond acceptors (Lipinski definition) is 9. The number of nitrogens with zero attached hydrogens (tertiary/aromatic N) is 3. The smallest absolute Gasteiger partial charge is 0.321 e. The Morgan fingerprint density at radius 3 is 2.35 bits per heavy atom. The van der Waals surface area contributed by atoms with E-state index < -0.39 is 18.1 Å². The number of halogens is 2. The van der Waals surface area contributed by atoms with Crippen LogP contribution in [-0.4, -0.2) is 102 Å². The summed E-state index contributed by atoms with van der Waals surface area (Å²) in [4.78, 5) is 32.2. The number of ether oxygens (including phenoxy) is 3. The second-order valence-corrected chi connectivity index (χ2v) is 14.4. The van der Waals surface area contributed by atoms with Crippen molar-refractivity contribution in [3.63, 3.8) is 0 Å². The van der Waals surface area contributed by atoms with Crippen LogP contribution >= 0.6 is 23.2 Å². The number of nitrogens with one attached hydrogen (secondary N) is 1. The van der Waals surface area contributed by atoms with Crippen molar-refractivity contribution >= 4 is 35.1 Å². The van der Waals surface area contributed by atoms with E-state index in [0.29, 0.717) is 52.6 Å². The Morgan fingerprint density at radius 2 is 1.67 bits per heavy atom. The van der Waals surface area contributed by atoms with Crippen molar-refractivity contribution in [2.24, 2.45) is 0 Å². The van der Waals surface area contributed by atoms with Crippen LogP contribution in [0.15, 0.2) is 66.7 Å². The highest BCUT2D eigenvalue weighted by Gasteiger charge is 2.47. The molecule has 7 rings (SSSR count). The van der Waals surface area contributed by atoms with Crippen LogP contribution in [-0.2, 0) is 16.1 Å². The van der Waals surface area contributed by atoms with Crippen LogP contribution in [0.2, 0.25) is 10.0 Å². The Labute approximate surface area is 312 Å². The van der Waals surface area contributed by atoms with Crippen molar-refractivity contribution in [3.8, 4) is 50.9 Å². The molecule has 3 fully saturated rings. The molecule has 3 aromatic carbocycles. The molecule has 3 N–H and O–H groups in total. The molecule has 0 radical (unpaired) electrons. The molecule has 4 heterocycles. The molecule has 1 amide bonds. The van der Waals surface area contributed by atoms with Gasteiger partial charge in [0.1, 0.15) is 12.6 Å². The molecule has 2 atom stereocenters. The van der Waals surface area contributed by atoms with Crippen molar-refractivity contribution in [1.29, 1.82) is 0 Å². The van der Waals surface area contributed by atoms with E-state index in [2.05, 4.69) is 10.2 Å². The molecule has 1 spiro atoms. The Morgan fingerprint density at radius 1 is 0.962 bits per heavy atom. The summed E-state index contributed by atoms with van der Waals surface area (Å²) in [6.45, 7) is 3.14. The number of carboxylic acids is 1. The highest BCUT2D eigenvalue weighted by atomic mass is 35.5. The van der Waals surface area contributed by atoms with E-state index in [1.165, 1.54) is 0 Å². The minimum atomic E-state index is -0.953. The average Bonchev–Trinajstić information content (AvgIpc) is 3.71. The highest BCUT2D eigenvalue weighted by molar-refractivity contribution is 6.39. The van der Waals surface area contributed by atoms with Crippen LogP contribution in [0.25, 0.3) is 33.5 Å². The number of carboxylic acid groups (broad SMARTS) is 1. The van der Waals surface area contributed by atoms with E-state index in [4.69, 9.17) is 42.4 Å². The maximum absolute atomic E-state index is 11.8. The maximum atomic E-state index is 11.8. The maximum Gasteiger partial charge on any atom is 0.321 e. The minimum Gasteiger partial charge on any atom is -0.493 e. The molecule has 4 aromatic rings. The molecule has 52 heavy (non-hydrogen) atoms. The van der Waals surface area contributed by atoms with Crippen LogP contribution in [0.3, 0.4) is 0 Å². The Bertz CT molecular complexity index is 2000. The third-order valence-electron chi connectivity index (χ3n) is 10.2. The fourth-order valence-corrected chi connectivity index (χ4v) is 8.26. The topological polar surface area (TPSA) is 134 Å². The quantitative estimate of drug-likeness (QED) is 0.164. The number of aromatic nitrogens is 1. The number of hydrogen-bond donors (Lipinski definition) is 3.